The Morgan fingerprint density at radius 2 is 1.82 bits per heavy atom. The van der Waals surface area contributed by atoms with Gasteiger partial charge < -0.3 is 14.6 Å². The molecule has 1 saturated heterocycles. The van der Waals surface area contributed by atoms with Crippen molar-refractivity contribution in [1.29, 1.82) is 0 Å². The minimum Gasteiger partial charge on any atom is -0.503 e. The van der Waals surface area contributed by atoms with E-state index in [9.17, 15) is 14.7 Å². The first-order valence-electron chi connectivity index (χ1n) is 7.97. The molecule has 0 saturated carbocycles. The van der Waals surface area contributed by atoms with E-state index in [-0.39, 0.29) is 22.2 Å². The molecule has 0 aromatic heterocycles. The molecule has 1 aliphatic rings. The Morgan fingerprint density at radius 3 is 2.43 bits per heavy atom. The number of rotatable bonds is 4. The molecular formula is C19H15BrN2O5S. The van der Waals surface area contributed by atoms with Gasteiger partial charge in [-0.25, -0.2) is 0 Å². The van der Waals surface area contributed by atoms with Crippen LogP contribution in [0.3, 0.4) is 0 Å². The molecule has 3 rings (SSSR count). The normalized spacial score (nSPS) is 15.6. The first-order valence-corrected chi connectivity index (χ1v) is 9.18. The lowest BCUT2D eigenvalue weighted by atomic mass is 10.1. The molecular weight excluding hydrogens is 448 g/mol. The number of hydrogen-bond donors (Lipinski definition) is 2. The number of nitrogens with one attached hydrogen (secondary N) is 1. The lowest BCUT2D eigenvalue weighted by Crippen LogP contribution is -2.54. The number of benzene rings is 2. The van der Waals surface area contributed by atoms with Gasteiger partial charge in [0.15, 0.2) is 16.6 Å². The van der Waals surface area contributed by atoms with E-state index in [1.165, 1.54) is 31.3 Å². The number of carbonyl (C=O) groups is 2. The molecule has 0 radical (unpaired) electrons. The second-order valence-corrected chi connectivity index (χ2v) is 6.95. The minimum atomic E-state index is -0.608. The monoisotopic (exact) mass is 462 g/mol. The summed E-state index contributed by atoms with van der Waals surface area (Å²) in [5.74, 6) is -0.428. The molecule has 0 unspecified atom stereocenters. The fraction of sp³-hybridized carbons (Fsp3) is 0.105. The number of aromatic hydroxyl groups is 1. The Morgan fingerprint density at radius 1 is 1.14 bits per heavy atom. The van der Waals surface area contributed by atoms with E-state index in [1.807, 2.05) is 0 Å². The van der Waals surface area contributed by atoms with Crippen molar-refractivity contribution in [1.82, 2.24) is 5.32 Å². The first-order chi connectivity index (χ1) is 13.3. The first kappa shape index (κ1) is 19.8. The van der Waals surface area contributed by atoms with Crippen LogP contribution in [0.1, 0.15) is 5.56 Å². The lowest BCUT2D eigenvalue weighted by Gasteiger charge is -2.29. The smallest absolute Gasteiger partial charge is 0.270 e. The molecule has 0 bridgehead atoms. The maximum absolute atomic E-state index is 13.0. The highest BCUT2D eigenvalue weighted by Gasteiger charge is 2.34. The SMILES string of the molecule is COc1ccc(N2C(=O)/C(=C\c3cc(Br)c(O)c(OC)c3)C(=O)NC2=S)cc1. The molecule has 2 aromatic rings. The van der Waals surface area contributed by atoms with E-state index in [2.05, 4.69) is 21.2 Å². The predicted molar refractivity (Wildman–Crippen MR) is 112 cm³/mol. The number of halogens is 1. The van der Waals surface area contributed by atoms with Crippen LogP contribution in [0.2, 0.25) is 0 Å². The molecule has 1 heterocycles. The van der Waals surface area contributed by atoms with Crippen LogP contribution in [0.4, 0.5) is 5.69 Å². The summed E-state index contributed by atoms with van der Waals surface area (Å²) in [6.07, 6.45) is 1.41. The average molecular weight is 463 g/mol. The summed E-state index contributed by atoms with van der Waals surface area (Å²) in [5, 5.41) is 12.4. The second-order valence-electron chi connectivity index (χ2n) is 5.71. The van der Waals surface area contributed by atoms with E-state index in [4.69, 9.17) is 21.7 Å². The quantitative estimate of drug-likeness (QED) is 0.412. The third-order valence-corrected chi connectivity index (χ3v) is 4.90. The molecule has 144 valence electrons. The van der Waals surface area contributed by atoms with Crippen LogP contribution in [-0.2, 0) is 9.59 Å². The largest absolute Gasteiger partial charge is 0.503 e. The molecule has 1 fully saturated rings. The van der Waals surface area contributed by atoms with Crippen molar-refractivity contribution < 1.29 is 24.2 Å². The summed E-state index contributed by atoms with van der Waals surface area (Å²) in [4.78, 5) is 26.6. The van der Waals surface area contributed by atoms with Gasteiger partial charge >= 0.3 is 0 Å². The van der Waals surface area contributed by atoms with E-state index in [0.29, 0.717) is 21.5 Å². The topological polar surface area (TPSA) is 88.1 Å². The van der Waals surface area contributed by atoms with Crippen molar-refractivity contribution in [2.45, 2.75) is 0 Å². The van der Waals surface area contributed by atoms with Gasteiger partial charge in [0.05, 0.1) is 24.4 Å². The molecule has 28 heavy (non-hydrogen) atoms. The molecule has 7 nitrogen and oxygen atoms in total. The second kappa shape index (κ2) is 7.99. The predicted octanol–water partition coefficient (Wildman–Crippen LogP) is 3.00. The summed E-state index contributed by atoms with van der Waals surface area (Å²) in [6.45, 7) is 0. The fourth-order valence-corrected chi connectivity index (χ4v) is 3.36. The van der Waals surface area contributed by atoms with E-state index < -0.39 is 11.8 Å². The number of carbonyl (C=O) groups excluding carboxylic acids is 2. The zero-order chi connectivity index (χ0) is 20.4. The standard InChI is InChI=1S/C19H15BrN2O5S/c1-26-12-5-3-11(4-6-12)22-18(25)13(17(24)21-19(22)28)7-10-8-14(20)16(23)15(9-10)27-2/h3-9,23H,1-2H3,(H,21,24,28)/b13-7-. The van der Waals surface area contributed by atoms with Crippen molar-refractivity contribution in [3.8, 4) is 17.2 Å². The maximum Gasteiger partial charge on any atom is 0.270 e. The third-order valence-electron chi connectivity index (χ3n) is 4.01. The zero-order valence-electron chi connectivity index (χ0n) is 14.9. The molecule has 0 atom stereocenters. The van der Waals surface area contributed by atoms with Gasteiger partial charge in [0.2, 0.25) is 0 Å². The van der Waals surface area contributed by atoms with Crippen molar-refractivity contribution in [2.75, 3.05) is 19.1 Å². The third kappa shape index (κ3) is 3.71. The molecule has 9 heteroatoms. The number of ether oxygens (including phenoxy) is 2. The van der Waals surface area contributed by atoms with Crippen molar-refractivity contribution >= 4 is 56.8 Å². The molecule has 2 N–H and O–H groups in total. The Balaban J connectivity index is 2.02. The van der Waals surface area contributed by atoms with Gasteiger partial charge in [-0.05, 0) is 76.2 Å². The number of methoxy groups -OCH3 is 2. The summed E-state index contributed by atoms with van der Waals surface area (Å²) in [6, 6.07) is 9.78. The lowest BCUT2D eigenvalue weighted by molar-refractivity contribution is -0.122. The van der Waals surface area contributed by atoms with Gasteiger partial charge in [-0.3, -0.25) is 19.8 Å². The Hall–Kier alpha value is -2.91. The molecule has 0 aliphatic carbocycles. The highest BCUT2D eigenvalue weighted by atomic mass is 79.9. The van der Waals surface area contributed by atoms with E-state index in [0.717, 1.165) is 0 Å². The number of anilines is 1. The van der Waals surface area contributed by atoms with Crippen LogP contribution >= 0.6 is 28.1 Å². The number of phenols is 1. The van der Waals surface area contributed by atoms with Crippen molar-refractivity contribution in [3.05, 3.63) is 52.0 Å². The van der Waals surface area contributed by atoms with Gasteiger partial charge in [-0.15, -0.1) is 0 Å². The van der Waals surface area contributed by atoms with Crippen molar-refractivity contribution in [2.24, 2.45) is 0 Å². The molecule has 2 aromatic carbocycles. The van der Waals surface area contributed by atoms with Crippen LogP contribution in [-0.4, -0.2) is 36.3 Å². The van der Waals surface area contributed by atoms with Crippen LogP contribution in [0.15, 0.2) is 46.4 Å². The Labute approximate surface area is 174 Å². The number of hydrogen-bond acceptors (Lipinski definition) is 6. The Kier molecular flexibility index (Phi) is 5.66. The van der Waals surface area contributed by atoms with Gasteiger partial charge in [0, 0.05) is 0 Å². The average Bonchev–Trinajstić information content (AvgIpc) is 2.68. The number of thiocarbonyl (C=S) groups is 1. The summed E-state index contributed by atoms with van der Waals surface area (Å²) in [7, 11) is 2.94. The molecule has 0 spiro atoms. The van der Waals surface area contributed by atoms with Crippen LogP contribution in [0, 0.1) is 0 Å². The van der Waals surface area contributed by atoms with E-state index >= 15 is 0 Å². The summed E-state index contributed by atoms with van der Waals surface area (Å²) in [5.41, 5.74) is 0.873. The highest BCUT2D eigenvalue weighted by molar-refractivity contribution is 9.10. The van der Waals surface area contributed by atoms with E-state index in [1.54, 1.807) is 30.3 Å². The maximum atomic E-state index is 13.0. The fourth-order valence-electron chi connectivity index (χ4n) is 2.62. The summed E-state index contributed by atoms with van der Waals surface area (Å²) < 4.78 is 10.6. The van der Waals surface area contributed by atoms with Crippen LogP contribution in [0.25, 0.3) is 6.08 Å². The van der Waals surface area contributed by atoms with Crippen LogP contribution < -0.4 is 19.7 Å². The number of amides is 2. The summed E-state index contributed by atoms with van der Waals surface area (Å²) >= 11 is 8.39. The Bertz CT molecular complexity index is 1000. The highest BCUT2D eigenvalue weighted by Crippen LogP contribution is 2.36. The van der Waals surface area contributed by atoms with Crippen LogP contribution in [0.5, 0.6) is 17.2 Å². The van der Waals surface area contributed by atoms with Gasteiger partial charge in [-0.2, -0.15) is 0 Å². The number of nitrogens with zero attached hydrogens (tertiary/aromatic N) is 1. The molecule has 2 amide bonds. The van der Waals surface area contributed by atoms with Crippen molar-refractivity contribution in [3.63, 3.8) is 0 Å². The zero-order valence-corrected chi connectivity index (χ0v) is 17.3. The van der Waals surface area contributed by atoms with Gasteiger partial charge in [-0.1, -0.05) is 0 Å². The number of phenolic OH excluding ortho intramolecular Hbond substituents is 1. The van der Waals surface area contributed by atoms with Gasteiger partial charge in [0.1, 0.15) is 11.3 Å². The van der Waals surface area contributed by atoms with Gasteiger partial charge in [0.25, 0.3) is 11.8 Å². The molecule has 1 aliphatic heterocycles. The minimum absolute atomic E-state index is 0.0122.